The first kappa shape index (κ1) is 14.6. The molecule has 0 fully saturated rings. The predicted molar refractivity (Wildman–Crippen MR) is 92.6 cm³/mol. The van der Waals surface area contributed by atoms with E-state index >= 15 is 0 Å². The minimum atomic E-state index is 0.897. The average molecular weight is 291 g/mol. The Hall–Kier alpha value is -2.35. The second kappa shape index (κ2) is 5.80. The van der Waals surface area contributed by atoms with Crippen LogP contribution in [0.2, 0.25) is 0 Å². The molecular formula is C20H21NO. The number of hydrogen-bond acceptors (Lipinski definition) is 2. The molecule has 0 saturated carbocycles. The number of nitrogens with zero attached hydrogens (tertiary/aromatic N) is 1. The fourth-order valence-corrected chi connectivity index (χ4v) is 2.91. The Kier molecular flexibility index (Phi) is 3.84. The first-order valence-electron chi connectivity index (χ1n) is 7.67. The van der Waals surface area contributed by atoms with E-state index in [9.17, 15) is 0 Å². The quantitative estimate of drug-likeness (QED) is 0.670. The second-order valence-corrected chi connectivity index (χ2v) is 5.79. The molecule has 1 heterocycles. The summed E-state index contributed by atoms with van der Waals surface area (Å²) in [7, 11) is 1.71. The summed E-state index contributed by atoms with van der Waals surface area (Å²) in [6, 6.07) is 15.0. The largest absolute Gasteiger partial charge is 0.496 e. The molecule has 2 nitrogen and oxygen atoms in total. The fraction of sp³-hybridized carbons (Fsp3) is 0.250. The summed E-state index contributed by atoms with van der Waals surface area (Å²) in [5, 5.41) is 1.06. The van der Waals surface area contributed by atoms with Crippen molar-refractivity contribution < 1.29 is 4.74 Å². The van der Waals surface area contributed by atoms with Crippen molar-refractivity contribution in [3.63, 3.8) is 0 Å². The lowest BCUT2D eigenvalue weighted by atomic mass is 10.0. The summed E-state index contributed by atoms with van der Waals surface area (Å²) < 4.78 is 5.51. The van der Waals surface area contributed by atoms with Crippen LogP contribution in [-0.2, 0) is 6.42 Å². The molecule has 0 saturated heterocycles. The predicted octanol–water partition coefficient (Wildman–Crippen LogP) is 5.09. The van der Waals surface area contributed by atoms with Crippen LogP contribution >= 0.6 is 0 Å². The van der Waals surface area contributed by atoms with Crippen molar-refractivity contribution in [1.82, 2.24) is 4.98 Å². The van der Waals surface area contributed by atoms with E-state index in [0.717, 1.165) is 28.8 Å². The summed E-state index contributed by atoms with van der Waals surface area (Å²) in [5.74, 6) is 0.897. The number of benzene rings is 2. The normalized spacial score (nSPS) is 10.9. The molecule has 0 unspecified atom stereocenters. The van der Waals surface area contributed by atoms with Gasteiger partial charge in [-0.2, -0.15) is 0 Å². The molecule has 0 aliphatic heterocycles. The Morgan fingerprint density at radius 1 is 0.955 bits per heavy atom. The number of fused-ring (bicyclic) bond motifs is 1. The number of aromatic nitrogens is 1. The number of methoxy groups -OCH3 is 1. The molecule has 2 heteroatoms. The Morgan fingerprint density at radius 3 is 2.32 bits per heavy atom. The van der Waals surface area contributed by atoms with Crippen molar-refractivity contribution in [2.75, 3.05) is 7.11 Å². The van der Waals surface area contributed by atoms with Gasteiger partial charge < -0.3 is 4.74 Å². The van der Waals surface area contributed by atoms with Gasteiger partial charge in [0.15, 0.2) is 0 Å². The molecule has 0 radical (unpaired) electrons. The standard InChI is InChI=1S/C20H21NO/c1-5-15-11-19-17(20(12-15)22-4)6-7-18(21-19)16-9-13(2)8-14(3)10-16/h6-12H,5H2,1-4H3. The molecular weight excluding hydrogens is 270 g/mol. The van der Waals surface area contributed by atoms with E-state index in [2.05, 4.69) is 63.2 Å². The summed E-state index contributed by atoms with van der Waals surface area (Å²) in [5.41, 5.74) is 6.94. The SMILES string of the molecule is CCc1cc(OC)c2ccc(-c3cc(C)cc(C)c3)nc2c1. The molecule has 0 amide bonds. The second-order valence-electron chi connectivity index (χ2n) is 5.79. The monoisotopic (exact) mass is 291 g/mol. The van der Waals surface area contributed by atoms with Gasteiger partial charge in [-0.15, -0.1) is 0 Å². The van der Waals surface area contributed by atoms with Crippen LogP contribution in [0.4, 0.5) is 0 Å². The third kappa shape index (κ3) is 2.69. The maximum Gasteiger partial charge on any atom is 0.128 e. The van der Waals surface area contributed by atoms with E-state index < -0.39 is 0 Å². The first-order chi connectivity index (χ1) is 10.6. The third-order valence-electron chi connectivity index (χ3n) is 3.97. The van der Waals surface area contributed by atoms with Crippen LogP contribution in [0.3, 0.4) is 0 Å². The number of rotatable bonds is 3. The van der Waals surface area contributed by atoms with Gasteiger partial charge in [-0.3, -0.25) is 0 Å². The van der Waals surface area contributed by atoms with Gasteiger partial charge in [-0.1, -0.05) is 24.1 Å². The number of aryl methyl sites for hydroxylation is 3. The van der Waals surface area contributed by atoms with Crippen molar-refractivity contribution in [3.05, 3.63) is 59.2 Å². The molecule has 0 aliphatic rings. The zero-order valence-electron chi connectivity index (χ0n) is 13.6. The Balaban J connectivity index is 2.20. The minimum Gasteiger partial charge on any atom is -0.496 e. The fourth-order valence-electron chi connectivity index (χ4n) is 2.91. The van der Waals surface area contributed by atoms with Crippen LogP contribution in [0.15, 0.2) is 42.5 Å². The number of ether oxygens (including phenoxy) is 1. The summed E-state index contributed by atoms with van der Waals surface area (Å²) in [6.07, 6.45) is 0.974. The van der Waals surface area contributed by atoms with E-state index in [4.69, 9.17) is 9.72 Å². The number of hydrogen-bond donors (Lipinski definition) is 0. The molecule has 0 spiro atoms. The van der Waals surface area contributed by atoms with Crippen LogP contribution in [0.5, 0.6) is 5.75 Å². The Bertz CT molecular complexity index is 816. The average Bonchev–Trinajstić information content (AvgIpc) is 2.52. The van der Waals surface area contributed by atoms with Gasteiger partial charge in [0.1, 0.15) is 5.75 Å². The molecule has 0 atom stereocenters. The van der Waals surface area contributed by atoms with Crippen LogP contribution in [0, 0.1) is 13.8 Å². The van der Waals surface area contributed by atoms with E-state index in [0.29, 0.717) is 0 Å². The maximum absolute atomic E-state index is 5.51. The molecule has 3 aromatic rings. The minimum absolute atomic E-state index is 0.897. The topological polar surface area (TPSA) is 22.1 Å². The van der Waals surface area contributed by atoms with Crippen LogP contribution in [0.25, 0.3) is 22.2 Å². The molecule has 0 aliphatic carbocycles. The third-order valence-corrected chi connectivity index (χ3v) is 3.97. The number of pyridine rings is 1. The van der Waals surface area contributed by atoms with Gasteiger partial charge in [0.25, 0.3) is 0 Å². The lowest BCUT2D eigenvalue weighted by molar-refractivity contribution is 0.419. The highest BCUT2D eigenvalue weighted by atomic mass is 16.5. The van der Waals surface area contributed by atoms with Crippen LogP contribution in [0.1, 0.15) is 23.6 Å². The van der Waals surface area contributed by atoms with Crippen molar-refractivity contribution in [1.29, 1.82) is 0 Å². The van der Waals surface area contributed by atoms with E-state index in [1.54, 1.807) is 7.11 Å². The molecule has 0 bridgehead atoms. The first-order valence-corrected chi connectivity index (χ1v) is 7.67. The maximum atomic E-state index is 5.51. The van der Waals surface area contributed by atoms with E-state index in [-0.39, 0.29) is 0 Å². The lowest BCUT2D eigenvalue weighted by Gasteiger charge is -2.10. The van der Waals surface area contributed by atoms with Gasteiger partial charge >= 0.3 is 0 Å². The zero-order valence-corrected chi connectivity index (χ0v) is 13.6. The highest BCUT2D eigenvalue weighted by Crippen LogP contribution is 2.29. The molecule has 22 heavy (non-hydrogen) atoms. The van der Waals surface area contributed by atoms with Crippen molar-refractivity contribution in [2.24, 2.45) is 0 Å². The van der Waals surface area contributed by atoms with Crippen molar-refractivity contribution >= 4 is 10.9 Å². The van der Waals surface area contributed by atoms with Crippen LogP contribution < -0.4 is 4.74 Å². The summed E-state index contributed by atoms with van der Waals surface area (Å²) in [6.45, 7) is 6.39. The summed E-state index contributed by atoms with van der Waals surface area (Å²) >= 11 is 0. The van der Waals surface area contributed by atoms with Gasteiger partial charge in [0.05, 0.1) is 18.3 Å². The highest BCUT2D eigenvalue weighted by Gasteiger charge is 2.08. The molecule has 0 N–H and O–H groups in total. The lowest BCUT2D eigenvalue weighted by Crippen LogP contribution is -1.92. The van der Waals surface area contributed by atoms with Crippen molar-refractivity contribution in [3.8, 4) is 17.0 Å². The van der Waals surface area contributed by atoms with Gasteiger partial charge in [0.2, 0.25) is 0 Å². The molecule has 3 rings (SSSR count). The molecule has 112 valence electrons. The van der Waals surface area contributed by atoms with Gasteiger partial charge in [-0.05, 0) is 62.2 Å². The van der Waals surface area contributed by atoms with Crippen molar-refractivity contribution in [2.45, 2.75) is 27.2 Å². The van der Waals surface area contributed by atoms with Gasteiger partial charge in [-0.25, -0.2) is 4.98 Å². The van der Waals surface area contributed by atoms with E-state index in [1.165, 1.54) is 22.3 Å². The zero-order chi connectivity index (χ0) is 15.7. The molecule has 1 aromatic heterocycles. The smallest absolute Gasteiger partial charge is 0.128 e. The Labute approximate surface area is 131 Å². The van der Waals surface area contributed by atoms with Crippen LogP contribution in [-0.4, -0.2) is 12.1 Å². The van der Waals surface area contributed by atoms with Gasteiger partial charge in [0, 0.05) is 10.9 Å². The molecule has 2 aromatic carbocycles. The van der Waals surface area contributed by atoms with E-state index in [1.807, 2.05) is 0 Å². The Morgan fingerprint density at radius 2 is 1.68 bits per heavy atom. The summed E-state index contributed by atoms with van der Waals surface area (Å²) in [4.78, 5) is 4.86. The highest BCUT2D eigenvalue weighted by molar-refractivity contribution is 5.88.